The van der Waals surface area contributed by atoms with Crippen molar-refractivity contribution in [1.29, 1.82) is 0 Å². The van der Waals surface area contributed by atoms with E-state index in [0.717, 1.165) is 0 Å². The second-order valence-corrected chi connectivity index (χ2v) is 5.51. The topological polar surface area (TPSA) is 101 Å². The maximum atomic E-state index is 11.4. The van der Waals surface area contributed by atoms with Crippen LogP contribution in [-0.2, 0) is 10.0 Å². The first-order chi connectivity index (χ1) is 8.62. The lowest BCUT2D eigenvalue weighted by atomic mass is 10.6. The van der Waals surface area contributed by atoms with E-state index in [1.807, 2.05) is 0 Å². The van der Waals surface area contributed by atoms with Crippen LogP contribution in [0.5, 0.6) is 0 Å². The number of anilines is 1. The Morgan fingerprint density at radius 1 is 1.44 bits per heavy atom. The zero-order valence-corrected chi connectivity index (χ0v) is 10.7. The molecule has 0 fully saturated rings. The number of sulfonamides is 1. The van der Waals surface area contributed by atoms with Crippen LogP contribution in [0.15, 0.2) is 18.7 Å². The van der Waals surface area contributed by atoms with Crippen LogP contribution in [0.3, 0.4) is 0 Å². The number of fused-ring (bicyclic) bond motifs is 1. The van der Waals surface area contributed by atoms with Crippen molar-refractivity contribution in [1.82, 2.24) is 24.3 Å². The average molecular weight is 270 g/mol. The van der Waals surface area contributed by atoms with Gasteiger partial charge < -0.3 is 5.32 Å². The molecule has 0 unspecified atom stereocenters. The van der Waals surface area contributed by atoms with Crippen molar-refractivity contribution >= 4 is 21.5 Å². The Morgan fingerprint density at radius 3 is 3.06 bits per heavy atom. The highest BCUT2D eigenvalue weighted by atomic mass is 32.2. The van der Waals surface area contributed by atoms with Crippen LogP contribution >= 0.6 is 0 Å². The maximum Gasteiger partial charge on any atom is 0.213 e. The molecule has 0 saturated carbocycles. The van der Waals surface area contributed by atoms with Gasteiger partial charge in [-0.2, -0.15) is 0 Å². The molecule has 0 saturated heterocycles. The number of nitrogens with zero attached hydrogens (tertiary/aromatic N) is 4. The summed E-state index contributed by atoms with van der Waals surface area (Å²) in [5.41, 5.74) is 0.568. The van der Waals surface area contributed by atoms with Crippen LogP contribution in [-0.4, -0.2) is 46.8 Å². The Bertz CT molecular complexity index is 623. The molecule has 0 bridgehead atoms. The van der Waals surface area contributed by atoms with Crippen LogP contribution in [0.1, 0.15) is 6.92 Å². The van der Waals surface area contributed by atoms with E-state index in [-0.39, 0.29) is 12.3 Å². The highest BCUT2D eigenvalue weighted by Crippen LogP contribution is 2.08. The minimum Gasteiger partial charge on any atom is -0.366 e. The van der Waals surface area contributed by atoms with Crippen LogP contribution < -0.4 is 10.0 Å². The molecule has 98 valence electrons. The van der Waals surface area contributed by atoms with Gasteiger partial charge in [-0.05, 0) is 0 Å². The number of aromatic nitrogens is 4. The summed E-state index contributed by atoms with van der Waals surface area (Å²) in [6, 6.07) is 0. The molecule has 9 heteroatoms. The van der Waals surface area contributed by atoms with Gasteiger partial charge in [0.25, 0.3) is 0 Å². The van der Waals surface area contributed by atoms with E-state index in [0.29, 0.717) is 18.0 Å². The zero-order valence-electron chi connectivity index (χ0n) is 9.87. The first kappa shape index (κ1) is 12.7. The molecule has 2 heterocycles. The van der Waals surface area contributed by atoms with E-state index in [4.69, 9.17) is 0 Å². The summed E-state index contributed by atoms with van der Waals surface area (Å²) in [7, 11) is -3.22. The molecule has 0 spiro atoms. The van der Waals surface area contributed by atoms with Crippen molar-refractivity contribution in [3.63, 3.8) is 0 Å². The molecule has 0 atom stereocenters. The van der Waals surface area contributed by atoms with Crippen LogP contribution in [0.2, 0.25) is 0 Å². The predicted octanol–water partition coefficient (Wildman–Crippen LogP) is -0.524. The van der Waals surface area contributed by atoms with Gasteiger partial charge in [0.2, 0.25) is 15.7 Å². The predicted molar refractivity (Wildman–Crippen MR) is 66.7 cm³/mol. The lowest BCUT2D eigenvalue weighted by molar-refractivity contribution is 0.584. The van der Waals surface area contributed by atoms with Gasteiger partial charge in [0.05, 0.1) is 5.75 Å². The summed E-state index contributed by atoms with van der Waals surface area (Å²) in [4.78, 5) is 4.09. The van der Waals surface area contributed by atoms with Gasteiger partial charge >= 0.3 is 0 Å². The number of nitrogens with one attached hydrogen (secondary N) is 2. The first-order valence-electron chi connectivity index (χ1n) is 5.48. The Labute approximate surface area is 104 Å². The molecule has 2 rings (SSSR count). The fourth-order valence-corrected chi connectivity index (χ4v) is 2.43. The Kier molecular flexibility index (Phi) is 3.72. The van der Waals surface area contributed by atoms with Crippen molar-refractivity contribution in [2.75, 3.05) is 24.2 Å². The summed E-state index contributed by atoms with van der Waals surface area (Å²) < 4.78 is 27.0. The van der Waals surface area contributed by atoms with Crippen molar-refractivity contribution < 1.29 is 8.42 Å². The quantitative estimate of drug-likeness (QED) is 0.732. The lowest BCUT2D eigenvalue weighted by Gasteiger charge is -2.07. The summed E-state index contributed by atoms with van der Waals surface area (Å²) >= 11 is 0. The second-order valence-electron chi connectivity index (χ2n) is 3.58. The van der Waals surface area contributed by atoms with Crippen LogP contribution in [0.4, 0.5) is 5.82 Å². The molecular weight excluding hydrogens is 256 g/mol. The van der Waals surface area contributed by atoms with Crippen LogP contribution in [0, 0.1) is 0 Å². The molecule has 2 N–H and O–H groups in total. The average Bonchev–Trinajstić information content (AvgIpc) is 2.77. The highest BCUT2D eigenvalue weighted by molar-refractivity contribution is 7.89. The number of rotatable bonds is 6. The molecular formula is C9H14N6O2S. The van der Waals surface area contributed by atoms with E-state index in [1.165, 1.54) is 0 Å². The third kappa shape index (κ3) is 2.93. The lowest BCUT2D eigenvalue weighted by Crippen LogP contribution is -2.29. The first-order valence-corrected chi connectivity index (χ1v) is 7.13. The van der Waals surface area contributed by atoms with E-state index in [2.05, 4.69) is 25.2 Å². The Balaban J connectivity index is 2.01. The normalized spacial score (nSPS) is 11.8. The number of hydrogen-bond donors (Lipinski definition) is 2. The molecule has 0 radical (unpaired) electrons. The van der Waals surface area contributed by atoms with E-state index in [1.54, 1.807) is 30.0 Å². The van der Waals surface area contributed by atoms with Crippen molar-refractivity contribution in [3.05, 3.63) is 18.7 Å². The molecule has 0 aliphatic heterocycles. The molecule has 0 aliphatic rings. The Hall–Kier alpha value is -1.74. The van der Waals surface area contributed by atoms with E-state index >= 15 is 0 Å². The highest BCUT2D eigenvalue weighted by Gasteiger charge is 2.09. The molecule has 2 aromatic heterocycles. The minimum absolute atomic E-state index is 0.0162. The second kappa shape index (κ2) is 5.27. The van der Waals surface area contributed by atoms with Gasteiger partial charge in [-0.15, -0.1) is 10.2 Å². The minimum atomic E-state index is -3.22. The van der Waals surface area contributed by atoms with Gasteiger partial charge in [0, 0.05) is 25.5 Å². The van der Waals surface area contributed by atoms with E-state index < -0.39 is 10.0 Å². The van der Waals surface area contributed by atoms with E-state index in [9.17, 15) is 8.42 Å². The Morgan fingerprint density at radius 2 is 2.28 bits per heavy atom. The fourth-order valence-electron chi connectivity index (χ4n) is 1.48. The van der Waals surface area contributed by atoms with Gasteiger partial charge in [-0.25, -0.2) is 18.1 Å². The zero-order chi connectivity index (χ0) is 13.0. The molecule has 0 aromatic carbocycles. The summed E-state index contributed by atoms with van der Waals surface area (Å²) in [5.74, 6) is 0.499. The fraction of sp³-hybridized carbons (Fsp3) is 0.444. The largest absolute Gasteiger partial charge is 0.366 e. The smallest absolute Gasteiger partial charge is 0.213 e. The SMILES string of the molecule is CCNS(=O)(=O)CCNc1nccn2cnnc12. The van der Waals surface area contributed by atoms with Crippen molar-refractivity contribution in [2.45, 2.75) is 6.92 Å². The van der Waals surface area contributed by atoms with Crippen LogP contribution in [0.25, 0.3) is 5.65 Å². The molecule has 0 aliphatic carbocycles. The molecule has 8 nitrogen and oxygen atoms in total. The maximum absolute atomic E-state index is 11.4. The standard InChI is InChI=1S/C9H14N6O2S/c1-2-13-18(16,17)6-4-11-8-9-14-12-7-15(9)5-3-10-8/h3,5,7,13H,2,4,6H2,1H3,(H,10,11). The van der Waals surface area contributed by atoms with Crippen molar-refractivity contribution in [2.24, 2.45) is 0 Å². The molecule has 18 heavy (non-hydrogen) atoms. The number of hydrogen-bond acceptors (Lipinski definition) is 6. The van der Waals surface area contributed by atoms with Crippen molar-refractivity contribution in [3.8, 4) is 0 Å². The monoisotopic (exact) mass is 270 g/mol. The third-order valence-corrected chi connectivity index (χ3v) is 3.71. The van der Waals surface area contributed by atoms with Gasteiger partial charge in [-0.1, -0.05) is 6.92 Å². The molecule has 0 amide bonds. The molecule has 2 aromatic rings. The van der Waals surface area contributed by atoms with Gasteiger partial charge in [-0.3, -0.25) is 4.40 Å². The third-order valence-electron chi connectivity index (χ3n) is 2.24. The van der Waals surface area contributed by atoms with Gasteiger partial charge in [0.1, 0.15) is 6.33 Å². The summed E-state index contributed by atoms with van der Waals surface area (Å²) in [6.07, 6.45) is 4.87. The summed E-state index contributed by atoms with van der Waals surface area (Å²) in [6.45, 7) is 2.39. The summed E-state index contributed by atoms with van der Waals surface area (Å²) in [5, 5.41) is 10.6. The van der Waals surface area contributed by atoms with Gasteiger partial charge in [0.15, 0.2) is 5.82 Å².